The number of nitriles is 1. The smallest absolute Gasteiger partial charge is 0.409 e. The van der Waals surface area contributed by atoms with Crippen LogP contribution in [0.5, 0.6) is 0 Å². The van der Waals surface area contributed by atoms with Gasteiger partial charge < -0.3 is 5.11 Å². The van der Waals surface area contributed by atoms with Gasteiger partial charge >= 0.3 is 6.09 Å². The lowest BCUT2D eigenvalue weighted by molar-refractivity contribution is 0.210. The first-order valence-electron chi connectivity index (χ1n) is 3.94. The molecule has 0 fully saturated rings. The molecule has 1 aromatic carbocycles. The summed E-state index contributed by atoms with van der Waals surface area (Å²) in [6, 6.07) is 4.80. The maximum Gasteiger partial charge on any atom is 0.409 e. The van der Waals surface area contributed by atoms with Crippen molar-refractivity contribution in [2.45, 2.75) is 0 Å². The summed E-state index contributed by atoms with van der Waals surface area (Å²) >= 11 is 5.88. The molecule has 15 heavy (non-hydrogen) atoms. The Balaban J connectivity index is 3.31. The van der Waals surface area contributed by atoms with Gasteiger partial charge in [0.1, 0.15) is 0 Å². The van der Waals surface area contributed by atoms with E-state index in [9.17, 15) is 4.79 Å². The molecule has 1 aromatic rings. The molecule has 0 bridgehead atoms. The second-order valence-corrected chi connectivity index (χ2v) is 3.05. The predicted octanol–water partition coefficient (Wildman–Crippen LogP) is 2.94. The predicted molar refractivity (Wildman–Crippen MR) is 57.9 cm³/mol. The molecule has 0 aliphatic carbocycles. The summed E-state index contributed by atoms with van der Waals surface area (Å²) in [6.07, 6.45) is 0.220. The van der Waals surface area contributed by atoms with Gasteiger partial charge in [-0.2, -0.15) is 5.26 Å². The highest BCUT2D eigenvalue weighted by Gasteiger charge is 2.09. The summed E-state index contributed by atoms with van der Waals surface area (Å²) in [5, 5.41) is 19.6. The molecule has 5 heteroatoms. The first-order chi connectivity index (χ1) is 7.08. The van der Waals surface area contributed by atoms with Crippen molar-refractivity contribution in [3.05, 3.63) is 34.9 Å². The van der Waals surface area contributed by atoms with Gasteiger partial charge in [0.15, 0.2) is 0 Å². The van der Waals surface area contributed by atoms with E-state index in [4.69, 9.17) is 22.0 Å². The minimum absolute atomic E-state index is 0.179. The largest absolute Gasteiger partial charge is 0.465 e. The number of halogens is 1. The van der Waals surface area contributed by atoms with E-state index < -0.39 is 6.09 Å². The third-order valence-electron chi connectivity index (χ3n) is 1.69. The van der Waals surface area contributed by atoms with E-state index in [0.29, 0.717) is 11.1 Å². The van der Waals surface area contributed by atoms with Crippen LogP contribution in [0.4, 0.5) is 10.5 Å². The van der Waals surface area contributed by atoms with Crippen molar-refractivity contribution in [1.82, 2.24) is 0 Å². The maximum absolute atomic E-state index is 10.4. The second-order valence-electron chi connectivity index (χ2n) is 2.67. The van der Waals surface area contributed by atoms with Crippen LogP contribution in [0, 0.1) is 11.3 Å². The van der Waals surface area contributed by atoms with Crippen molar-refractivity contribution in [2.75, 3.05) is 5.32 Å². The molecule has 0 aromatic heterocycles. The van der Waals surface area contributed by atoms with Gasteiger partial charge in [0.05, 0.1) is 22.3 Å². The number of hydrogen-bond donors (Lipinski definition) is 2. The second kappa shape index (κ2) is 4.49. The Morgan fingerprint density at radius 2 is 2.33 bits per heavy atom. The fourth-order valence-electron chi connectivity index (χ4n) is 1.07. The van der Waals surface area contributed by atoms with Crippen LogP contribution in [0.15, 0.2) is 18.7 Å². The summed E-state index contributed by atoms with van der Waals surface area (Å²) in [4.78, 5) is 10.4. The monoisotopic (exact) mass is 222 g/mol. The van der Waals surface area contributed by atoms with Crippen molar-refractivity contribution in [2.24, 2.45) is 0 Å². The zero-order valence-electron chi connectivity index (χ0n) is 7.62. The lowest BCUT2D eigenvalue weighted by Gasteiger charge is -2.07. The van der Waals surface area contributed by atoms with Gasteiger partial charge in [-0.15, -0.1) is 0 Å². The van der Waals surface area contributed by atoms with Gasteiger partial charge in [0.25, 0.3) is 0 Å². The molecule has 0 heterocycles. The first-order valence-corrected chi connectivity index (χ1v) is 4.32. The number of anilines is 1. The van der Waals surface area contributed by atoms with E-state index in [0.717, 1.165) is 0 Å². The summed E-state index contributed by atoms with van der Waals surface area (Å²) < 4.78 is 0. The molecular weight excluding hydrogens is 216 g/mol. The summed E-state index contributed by atoms with van der Waals surface area (Å²) in [6.45, 7) is 3.52. The maximum atomic E-state index is 10.4. The number of benzene rings is 1. The number of rotatable bonds is 2. The number of carboxylic acid groups (broad SMARTS) is 1. The molecule has 0 aliphatic heterocycles. The van der Waals surface area contributed by atoms with Crippen LogP contribution in [-0.4, -0.2) is 11.2 Å². The van der Waals surface area contributed by atoms with Crippen LogP contribution in [-0.2, 0) is 0 Å². The van der Waals surface area contributed by atoms with Gasteiger partial charge in [0, 0.05) is 0 Å². The van der Waals surface area contributed by atoms with Crippen molar-refractivity contribution in [3.8, 4) is 6.07 Å². The Hall–Kier alpha value is -1.99. The highest BCUT2D eigenvalue weighted by Crippen LogP contribution is 2.28. The fraction of sp³-hybridized carbons (Fsp3) is 0. The van der Waals surface area contributed by atoms with Crippen LogP contribution in [0.25, 0.3) is 6.08 Å². The van der Waals surface area contributed by atoms with Crippen LogP contribution < -0.4 is 5.32 Å². The highest BCUT2D eigenvalue weighted by molar-refractivity contribution is 6.35. The SMILES string of the molecule is C=Cc1cc(C#N)cc(NC(=O)O)c1Cl. The van der Waals surface area contributed by atoms with E-state index in [2.05, 4.69) is 11.9 Å². The Bertz CT molecular complexity index is 463. The zero-order valence-corrected chi connectivity index (χ0v) is 8.38. The molecule has 0 spiro atoms. The molecule has 1 rings (SSSR count). The Labute approximate surface area is 91.4 Å². The first kappa shape index (κ1) is 11.1. The number of carbonyl (C=O) groups is 1. The van der Waals surface area contributed by atoms with Crippen molar-refractivity contribution >= 4 is 29.5 Å². The van der Waals surface area contributed by atoms with E-state index in [1.807, 2.05) is 6.07 Å². The van der Waals surface area contributed by atoms with Crippen molar-refractivity contribution in [1.29, 1.82) is 5.26 Å². The average molecular weight is 223 g/mol. The van der Waals surface area contributed by atoms with Crippen LogP contribution in [0.3, 0.4) is 0 Å². The fourth-order valence-corrected chi connectivity index (χ4v) is 1.30. The van der Waals surface area contributed by atoms with Crippen LogP contribution in [0.2, 0.25) is 5.02 Å². The van der Waals surface area contributed by atoms with E-state index in [-0.39, 0.29) is 10.7 Å². The summed E-state index contributed by atoms with van der Waals surface area (Å²) in [7, 11) is 0. The molecule has 0 unspecified atom stereocenters. The van der Waals surface area contributed by atoms with Gasteiger partial charge in [-0.25, -0.2) is 4.79 Å². The average Bonchev–Trinajstić information content (AvgIpc) is 2.20. The Morgan fingerprint density at radius 1 is 1.67 bits per heavy atom. The quantitative estimate of drug-likeness (QED) is 0.808. The minimum Gasteiger partial charge on any atom is -0.465 e. The standard InChI is InChI=1S/C10H7ClN2O2/c1-2-7-3-6(5-12)4-8(9(7)11)13-10(14)15/h2-4,13H,1H2,(H,14,15). The molecule has 0 aliphatic rings. The molecule has 1 amide bonds. The minimum atomic E-state index is -1.23. The zero-order chi connectivity index (χ0) is 11.4. The van der Waals surface area contributed by atoms with E-state index in [1.54, 1.807) is 0 Å². The normalized spacial score (nSPS) is 9.07. The lowest BCUT2D eigenvalue weighted by Crippen LogP contribution is -2.08. The lowest BCUT2D eigenvalue weighted by atomic mass is 10.1. The van der Waals surface area contributed by atoms with E-state index in [1.165, 1.54) is 18.2 Å². The third kappa shape index (κ3) is 2.48. The molecule has 76 valence electrons. The number of nitrogens with one attached hydrogen (secondary N) is 1. The van der Waals surface area contributed by atoms with Gasteiger partial charge in [-0.3, -0.25) is 5.32 Å². The molecule has 0 radical (unpaired) electrons. The third-order valence-corrected chi connectivity index (χ3v) is 2.11. The van der Waals surface area contributed by atoms with Gasteiger partial charge in [0.2, 0.25) is 0 Å². The van der Waals surface area contributed by atoms with Crippen molar-refractivity contribution in [3.63, 3.8) is 0 Å². The van der Waals surface area contributed by atoms with Crippen molar-refractivity contribution < 1.29 is 9.90 Å². The molecule has 0 saturated carbocycles. The highest BCUT2D eigenvalue weighted by atomic mass is 35.5. The summed E-state index contributed by atoms with van der Waals surface area (Å²) in [5.74, 6) is 0. The van der Waals surface area contributed by atoms with Crippen LogP contribution >= 0.6 is 11.6 Å². The Morgan fingerprint density at radius 3 is 2.80 bits per heavy atom. The van der Waals surface area contributed by atoms with E-state index >= 15 is 0 Å². The molecule has 0 saturated heterocycles. The topological polar surface area (TPSA) is 73.1 Å². The number of amides is 1. The Kier molecular flexibility index (Phi) is 3.32. The van der Waals surface area contributed by atoms with Crippen LogP contribution in [0.1, 0.15) is 11.1 Å². The number of hydrogen-bond acceptors (Lipinski definition) is 2. The molecule has 0 atom stereocenters. The number of nitrogens with zero attached hydrogens (tertiary/aromatic N) is 1. The summed E-state index contributed by atoms with van der Waals surface area (Å²) in [5.41, 5.74) is 1.01. The molecular formula is C10H7ClN2O2. The molecule has 4 nitrogen and oxygen atoms in total. The molecule has 2 N–H and O–H groups in total. The van der Waals surface area contributed by atoms with Gasteiger partial charge in [-0.1, -0.05) is 24.3 Å². The van der Waals surface area contributed by atoms with Gasteiger partial charge in [-0.05, 0) is 17.7 Å².